The molecular formula is C18H25N3OS. The summed E-state index contributed by atoms with van der Waals surface area (Å²) < 4.78 is 0. The number of nitrogens with one attached hydrogen (secondary N) is 1. The molecule has 1 fully saturated rings. The lowest BCUT2D eigenvalue weighted by molar-refractivity contribution is -0.133. The number of carbonyl (C=O) groups excluding carboxylic acids is 1. The minimum Gasteiger partial charge on any atom is -0.339 e. The second-order valence-corrected chi connectivity index (χ2v) is 7.56. The van der Waals surface area contributed by atoms with Gasteiger partial charge in [0, 0.05) is 12.6 Å². The van der Waals surface area contributed by atoms with Gasteiger partial charge in [-0.05, 0) is 38.8 Å². The number of imidazole rings is 1. The van der Waals surface area contributed by atoms with Crippen LogP contribution in [0.1, 0.15) is 46.0 Å². The maximum atomic E-state index is 12.9. The molecule has 0 aliphatic heterocycles. The molecule has 3 rings (SSSR count). The Morgan fingerprint density at radius 3 is 2.78 bits per heavy atom. The van der Waals surface area contributed by atoms with Crippen molar-refractivity contribution in [3.8, 4) is 0 Å². The largest absolute Gasteiger partial charge is 0.339 e. The Bertz CT molecular complexity index is 630. The number of benzene rings is 1. The topological polar surface area (TPSA) is 49.0 Å². The zero-order valence-corrected chi connectivity index (χ0v) is 14.7. The summed E-state index contributed by atoms with van der Waals surface area (Å²) in [6.07, 6.45) is 6.12. The monoisotopic (exact) mass is 331 g/mol. The number of thioether (sulfide) groups is 1. The van der Waals surface area contributed by atoms with Crippen molar-refractivity contribution in [3.63, 3.8) is 0 Å². The van der Waals surface area contributed by atoms with Crippen LogP contribution >= 0.6 is 11.8 Å². The number of nitrogens with zero attached hydrogens (tertiary/aromatic N) is 2. The molecule has 4 nitrogen and oxygen atoms in total. The number of carbonyl (C=O) groups is 1. The SMILES string of the molecule is CCN(C(=O)[C@@H](C)Sc1nc2ccccc2[nH]1)C1CCCCC1. The second-order valence-electron chi connectivity index (χ2n) is 6.24. The van der Waals surface area contributed by atoms with E-state index in [-0.39, 0.29) is 11.2 Å². The van der Waals surface area contributed by atoms with Crippen LogP contribution in [0.25, 0.3) is 11.0 Å². The van der Waals surface area contributed by atoms with Gasteiger partial charge in [-0.2, -0.15) is 0 Å². The van der Waals surface area contributed by atoms with Crippen LogP contribution in [0, 0.1) is 0 Å². The predicted octanol–water partition coefficient (Wildman–Crippen LogP) is 4.22. The summed E-state index contributed by atoms with van der Waals surface area (Å²) in [5.41, 5.74) is 1.98. The average Bonchev–Trinajstić information content (AvgIpc) is 2.98. The molecular weight excluding hydrogens is 306 g/mol. The third kappa shape index (κ3) is 3.71. The van der Waals surface area contributed by atoms with Gasteiger partial charge in [-0.1, -0.05) is 43.2 Å². The third-order valence-electron chi connectivity index (χ3n) is 4.64. The Morgan fingerprint density at radius 2 is 2.09 bits per heavy atom. The lowest BCUT2D eigenvalue weighted by Crippen LogP contribution is -2.44. The fourth-order valence-electron chi connectivity index (χ4n) is 3.42. The molecule has 1 atom stereocenters. The number of hydrogen-bond acceptors (Lipinski definition) is 3. The number of amides is 1. The van der Waals surface area contributed by atoms with Gasteiger partial charge in [0.15, 0.2) is 5.16 Å². The molecule has 0 spiro atoms. The van der Waals surface area contributed by atoms with Crippen molar-refractivity contribution in [2.45, 2.75) is 62.4 Å². The maximum Gasteiger partial charge on any atom is 0.236 e. The van der Waals surface area contributed by atoms with Crippen LogP contribution in [0.3, 0.4) is 0 Å². The quantitative estimate of drug-likeness (QED) is 0.834. The first-order valence-electron chi connectivity index (χ1n) is 8.61. The normalized spacial score (nSPS) is 17.3. The van der Waals surface area contributed by atoms with Gasteiger partial charge in [-0.25, -0.2) is 4.98 Å². The van der Waals surface area contributed by atoms with E-state index in [2.05, 4.69) is 21.8 Å². The summed E-state index contributed by atoms with van der Waals surface area (Å²) in [7, 11) is 0. The first kappa shape index (κ1) is 16.4. The van der Waals surface area contributed by atoms with Gasteiger partial charge in [0.1, 0.15) is 0 Å². The number of fused-ring (bicyclic) bond motifs is 1. The molecule has 1 aliphatic carbocycles. The molecule has 0 radical (unpaired) electrons. The molecule has 1 amide bonds. The zero-order valence-electron chi connectivity index (χ0n) is 13.9. The van der Waals surface area contributed by atoms with E-state index in [0.29, 0.717) is 6.04 Å². The molecule has 124 valence electrons. The lowest BCUT2D eigenvalue weighted by atomic mass is 9.94. The molecule has 0 unspecified atom stereocenters. The van der Waals surface area contributed by atoms with Crippen LogP contribution in [-0.4, -0.2) is 38.6 Å². The fourth-order valence-corrected chi connectivity index (χ4v) is 4.31. The van der Waals surface area contributed by atoms with E-state index >= 15 is 0 Å². The number of aromatic amines is 1. The van der Waals surface area contributed by atoms with E-state index in [0.717, 1.165) is 35.6 Å². The molecule has 1 aromatic carbocycles. The highest BCUT2D eigenvalue weighted by molar-refractivity contribution is 8.00. The summed E-state index contributed by atoms with van der Waals surface area (Å²) in [5.74, 6) is 0.241. The maximum absolute atomic E-state index is 12.9. The van der Waals surface area contributed by atoms with Crippen molar-refractivity contribution in [1.82, 2.24) is 14.9 Å². The van der Waals surface area contributed by atoms with Crippen LogP contribution in [0.15, 0.2) is 29.4 Å². The van der Waals surface area contributed by atoms with E-state index in [1.165, 1.54) is 31.0 Å². The molecule has 1 aliphatic rings. The number of hydrogen-bond donors (Lipinski definition) is 1. The average molecular weight is 331 g/mol. The minimum atomic E-state index is -0.113. The Morgan fingerprint density at radius 1 is 1.35 bits per heavy atom. The van der Waals surface area contributed by atoms with Gasteiger partial charge < -0.3 is 9.88 Å². The van der Waals surface area contributed by atoms with Crippen LogP contribution in [0.4, 0.5) is 0 Å². The second kappa shape index (κ2) is 7.39. The molecule has 1 heterocycles. The molecule has 1 saturated carbocycles. The summed E-state index contributed by atoms with van der Waals surface area (Å²) in [6.45, 7) is 4.88. The number of H-pyrrole nitrogens is 1. The minimum absolute atomic E-state index is 0.113. The Balaban J connectivity index is 1.68. The van der Waals surface area contributed by atoms with Gasteiger partial charge >= 0.3 is 0 Å². The van der Waals surface area contributed by atoms with Crippen molar-refractivity contribution >= 4 is 28.7 Å². The van der Waals surface area contributed by atoms with Crippen LogP contribution < -0.4 is 0 Å². The fraction of sp³-hybridized carbons (Fsp3) is 0.556. The first-order valence-corrected chi connectivity index (χ1v) is 9.49. The van der Waals surface area contributed by atoms with Crippen molar-refractivity contribution in [3.05, 3.63) is 24.3 Å². The van der Waals surface area contributed by atoms with Crippen molar-refractivity contribution in [2.24, 2.45) is 0 Å². The third-order valence-corrected chi connectivity index (χ3v) is 5.61. The summed E-state index contributed by atoms with van der Waals surface area (Å²) in [6, 6.07) is 8.40. The molecule has 23 heavy (non-hydrogen) atoms. The van der Waals surface area contributed by atoms with Gasteiger partial charge in [0.05, 0.1) is 16.3 Å². The van der Waals surface area contributed by atoms with Crippen LogP contribution in [0.5, 0.6) is 0 Å². The van der Waals surface area contributed by atoms with E-state index in [4.69, 9.17) is 0 Å². The lowest BCUT2D eigenvalue weighted by Gasteiger charge is -2.35. The van der Waals surface area contributed by atoms with E-state index < -0.39 is 0 Å². The van der Waals surface area contributed by atoms with Gasteiger partial charge in [0.2, 0.25) is 5.91 Å². The van der Waals surface area contributed by atoms with Crippen molar-refractivity contribution < 1.29 is 4.79 Å². The highest BCUT2D eigenvalue weighted by atomic mass is 32.2. The standard InChI is InChI=1S/C18H25N3OS/c1-3-21(14-9-5-4-6-10-14)17(22)13(2)23-18-19-15-11-7-8-12-16(15)20-18/h7-8,11-14H,3-6,9-10H2,1-2H3,(H,19,20)/t13-/m1/s1. The van der Waals surface area contributed by atoms with Crippen LogP contribution in [0.2, 0.25) is 0 Å². The first-order chi connectivity index (χ1) is 11.2. The number of rotatable bonds is 5. The molecule has 1 N–H and O–H groups in total. The number of para-hydroxylation sites is 2. The molecule has 2 aromatic rings. The smallest absolute Gasteiger partial charge is 0.236 e. The number of aromatic nitrogens is 2. The Hall–Kier alpha value is -1.49. The van der Waals surface area contributed by atoms with Gasteiger partial charge in [-0.3, -0.25) is 4.79 Å². The molecule has 5 heteroatoms. The molecule has 0 saturated heterocycles. The van der Waals surface area contributed by atoms with E-state index in [1.54, 1.807) is 0 Å². The molecule has 0 bridgehead atoms. The predicted molar refractivity (Wildman–Crippen MR) is 95.7 cm³/mol. The highest BCUT2D eigenvalue weighted by Crippen LogP contribution is 2.28. The molecule has 1 aromatic heterocycles. The summed E-state index contributed by atoms with van der Waals surface area (Å²) in [4.78, 5) is 22.8. The van der Waals surface area contributed by atoms with Crippen molar-refractivity contribution in [2.75, 3.05) is 6.54 Å². The van der Waals surface area contributed by atoms with Crippen molar-refractivity contribution in [1.29, 1.82) is 0 Å². The highest BCUT2D eigenvalue weighted by Gasteiger charge is 2.28. The van der Waals surface area contributed by atoms with E-state index in [1.807, 2.05) is 31.2 Å². The van der Waals surface area contributed by atoms with E-state index in [9.17, 15) is 4.79 Å². The summed E-state index contributed by atoms with van der Waals surface area (Å²) >= 11 is 1.53. The Labute approximate surface area is 142 Å². The van der Waals surface area contributed by atoms with Gasteiger partial charge in [-0.15, -0.1) is 0 Å². The zero-order chi connectivity index (χ0) is 16.2. The van der Waals surface area contributed by atoms with Gasteiger partial charge in [0.25, 0.3) is 0 Å². The van der Waals surface area contributed by atoms with Crippen LogP contribution in [-0.2, 0) is 4.79 Å². The Kier molecular flexibility index (Phi) is 5.26. The summed E-state index contributed by atoms with van der Waals surface area (Å²) in [5, 5.41) is 0.712.